The first-order valence-electron chi connectivity index (χ1n) is 14.5. The highest BCUT2D eigenvalue weighted by Crippen LogP contribution is 2.33. The summed E-state index contributed by atoms with van der Waals surface area (Å²) >= 11 is 0. The molecule has 0 radical (unpaired) electrons. The van der Waals surface area contributed by atoms with Crippen LogP contribution in [0.2, 0.25) is 0 Å². The van der Waals surface area contributed by atoms with Crippen LogP contribution < -0.4 is 15.0 Å². The van der Waals surface area contributed by atoms with Gasteiger partial charge in [-0.15, -0.1) is 0 Å². The lowest BCUT2D eigenvalue weighted by molar-refractivity contribution is 0.0136. The second-order valence-electron chi connectivity index (χ2n) is 11.7. The lowest BCUT2D eigenvalue weighted by atomic mass is 10.1. The van der Waals surface area contributed by atoms with Crippen LogP contribution in [0.3, 0.4) is 0 Å². The van der Waals surface area contributed by atoms with Gasteiger partial charge in [0.25, 0.3) is 0 Å². The number of pyridine rings is 2. The van der Waals surface area contributed by atoms with Gasteiger partial charge in [-0.2, -0.15) is 5.10 Å². The van der Waals surface area contributed by atoms with Crippen LogP contribution in [-0.2, 0) is 4.74 Å². The average molecular weight is 600 g/mol. The molecular weight excluding hydrogens is 565 g/mol. The van der Waals surface area contributed by atoms with Crippen LogP contribution in [0, 0.1) is 12.7 Å². The molecule has 1 aliphatic heterocycles. The molecule has 1 aliphatic rings. The summed E-state index contributed by atoms with van der Waals surface area (Å²) in [6, 6.07) is 10.2. The predicted molar refractivity (Wildman–Crippen MR) is 164 cm³/mol. The van der Waals surface area contributed by atoms with E-state index in [2.05, 4.69) is 37.2 Å². The van der Waals surface area contributed by atoms with Crippen molar-refractivity contribution in [1.82, 2.24) is 34.4 Å². The Labute approximate surface area is 253 Å². The lowest BCUT2D eigenvalue weighted by Crippen LogP contribution is -2.56. The third-order valence-electron chi connectivity index (χ3n) is 7.37. The van der Waals surface area contributed by atoms with E-state index in [1.54, 1.807) is 33.8 Å². The number of fused-ring (bicyclic) bond motifs is 2. The van der Waals surface area contributed by atoms with Gasteiger partial charge in [-0.25, -0.2) is 33.6 Å². The third kappa shape index (κ3) is 6.03. The minimum Gasteiger partial charge on any atom is -0.457 e. The van der Waals surface area contributed by atoms with Crippen LogP contribution in [-0.4, -0.2) is 71.8 Å². The molecule has 0 unspecified atom stereocenters. The van der Waals surface area contributed by atoms with Crippen LogP contribution in [0.5, 0.6) is 11.5 Å². The van der Waals surface area contributed by atoms with Crippen molar-refractivity contribution in [2.75, 3.05) is 29.9 Å². The molecule has 0 saturated carbocycles. The fraction of sp³-hybridized carbons (Fsp3) is 0.355. The summed E-state index contributed by atoms with van der Waals surface area (Å²) in [4.78, 5) is 34.5. The number of nitrogens with one attached hydrogen (secondary N) is 1. The maximum Gasteiger partial charge on any atom is 0.410 e. The van der Waals surface area contributed by atoms with E-state index in [9.17, 15) is 4.79 Å². The second-order valence-corrected chi connectivity index (χ2v) is 11.7. The third-order valence-corrected chi connectivity index (χ3v) is 7.37. The normalized spacial score (nSPS) is 15.5. The number of ether oxygens (including phenoxy) is 2. The zero-order valence-corrected chi connectivity index (χ0v) is 25.3. The van der Waals surface area contributed by atoms with Gasteiger partial charge in [0.05, 0.1) is 17.2 Å². The highest BCUT2D eigenvalue weighted by atomic mass is 19.1. The van der Waals surface area contributed by atoms with E-state index in [0.717, 1.165) is 17.8 Å². The Bertz CT molecular complexity index is 1840. The first kappa shape index (κ1) is 29.0. The number of benzene rings is 1. The van der Waals surface area contributed by atoms with E-state index in [4.69, 9.17) is 14.5 Å². The predicted octanol–water partition coefficient (Wildman–Crippen LogP) is 5.89. The van der Waals surface area contributed by atoms with Gasteiger partial charge < -0.3 is 24.6 Å². The largest absolute Gasteiger partial charge is 0.457 e. The minimum atomic E-state index is -0.561. The molecule has 6 rings (SSSR count). The smallest absolute Gasteiger partial charge is 0.410 e. The van der Waals surface area contributed by atoms with Gasteiger partial charge in [0, 0.05) is 38.0 Å². The van der Waals surface area contributed by atoms with E-state index in [0.29, 0.717) is 53.6 Å². The Morgan fingerprint density at radius 2 is 1.93 bits per heavy atom. The molecule has 1 saturated heterocycles. The van der Waals surface area contributed by atoms with Crippen LogP contribution in [0.15, 0.2) is 55.2 Å². The van der Waals surface area contributed by atoms with Gasteiger partial charge >= 0.3 is 6.09 Å². The van der Waals surface area contributed by atoms with Gasteiger partial charge in [0.1, 0.15) is 46.9 Å². The van der Waals surface area contributed by atoms with Crippen molar-refractivity contribution >= 4 is 40.1 Å². The van der Waals surface area contributed by atoms with Crippen molar-refractivity contribution in [2.24, 2.45) is 0 Å². The van der Waals surface area contributed by atoms with E-state index >= 15 is 4.39 Å². The van der Waals surface area contributed by atoms with Crippen molar-refractivity contribution in [1.29, 1.82) is 0 Å². The van der Waals surface area contributed by atoms with E-state index in [1.807, 2.05) is 39.8 Å². The molecule has 4 aromatic heterocycles. The molecule has 0 bridgehead atoms. The molecule has 5 heterocycles. The number of aromatic nitrogens is 6. The first-order valence-corrected chi connectivity index (χ1v) is 14.5. The fourth-order valence-electron chi connectivity index (χ4n) is 5.15. The molecule has 1 N–H and O–H groups in total. The number of nitrogens with zero attached hydrogens (tertiary/aromatic N) is 8. The molecule has 1 fully saturated rings. The van der Waals surface area contributed by atoms with Gasteiger partial charge in [-0.3, -0.25) is 0 Å². The minimum absolute atomic E-state index is 0.0307. The van der Waals surface area contributed by atoms with Gasteiger partial charge in [0.15, 0.2) is 11.5 Å². The molecule has 5 aromatic rings. The number of piperazine rings is 1. The summed E-state index contributed by atoms with van der Waals surface area (Å²) in [6.07, 6.45) is 5.06. The van der Waals surface area contributed by atoms with Crippen molar-refractivity contribution in [3.8, 4) is 11.5 Å². The number of anilines is 3. The maximum absolute atomic E-state index is 15.4. The van der Waals surface area contributed by atoms with E-state index in [-0.39, 0.29) is 17.8 Å². The van der Waals surface area contributed by atoms with Crippen molar-refractivity contribution in [2.45, 2.75) is 52.7 Å². The molecule has 1 atom stereocenters. The highest BCUT2D eigenvalue weighted by Gasteiger charge is 2.33. The Hall–Kier alpha value is -5.07. The molecular formula is C31H34FN9O3. The van der Waals surface area contributed by atoms with Crippen LogP contribution in [0.4, 0.5) is 26.5 Å². The average Bonchev–Trinajstić information content (AvgIpc) is 3.46. The fourth-order valence-corrected chi connectivity index (χ4v) is 5.15. The number of halogens is 1. The number of rotatable bonds is 6. The van der Waals surface area contributed by atoms with Crippen LogP contribution >= 0.6 is 0 Å². The number of carbonyl (C=O) groups is 1. The number of carbonyl (C=O) groups excluding carboxylic acids is 1. The molecule has 44 heavy (non-hydrogen) atoms. The molecule has 0 spiro atoms. The molecule has 12 nitrogen and oxygen atoms in total. The van der Waals surface area contributed by atoms with Crippen LogP contribution in [0.25, 0.3) is 16.7 Å². The van der Waals surface area contributed by atoms with E-state index in [1.165, 1.54) is 18.7 Å². The van der Waals surface area contributed by atoms with Gasteiger partial charge in [-0.05, 0) is 63.9 Å². The first-order chi connectivity index (χ1) is 21.1. The van der Waals surface area contributed by atoms with Crippen LogP contribution in [0.1, 0.15) is 39.7 Å². The van der Waals surface area contributed by atoms with Crippen molar-refractivity contribution in [3.63, 3.8) is 0 Å². The summed E-state index contributed by atoms with van der Waals surface area (Å²) < 4.78 is 28.6. The molecule has 228 valence electrons. The zero-order valence-electron chi connectivity index (χ0n) is 25.3. The van der Waals surface area contributed by atoms with Crippen molar-refractivity contribution < 1.29 is 18.7 Å². The number of hydrogen-bond acceptors (Lipinski definition) is 10. The topological polar surface area (TPSA) is 123 Å². The summed E-state index contributed by atoms with van der Waals surface area (Å²) in [6.45, 7) is 11.2. The van der Waals surface area contributed by atoms with Gasteiger partial charge in [0.2, 0.25) is 0 Å². The molecule has 1 amide bonds. The Kier molecular flexibility index (Phi) is 7.62. The molecule has 13 heteroatoms. The van der Waals surface area contributed by atoms with E-state index < -0.39 is 11.4 Å². The summed E-state index contributed by atoms with van der Waals surface area (Å²) in [5.41, 5.74) is 2.13. The molecule has 0 aliphatic carbocycles. The van der Waals surface area contributed by atoms with Gasteiger partial charge in [-0.1, -0.05) is 6.92 Å². The maximum atomic E-state index is 15.4. The Morgan fingerprint density at radius 1 is 1.09 bits per heavy atom. The highest BCUT2D eigenvalue weighted by molar-refractivity contribution is 5.88. The van der Waals surface area contributed by atoms with Crippen molar-refractivity contribution in [3.05, 3.63) is 66.6 Å². The monoisotopic (exact) mass is 599 g/mol. The number of amides is 1. The second kappa shape index (κ2) is 11.5. The number of hydrogen-bond donors (Lipinski definition) is 1. The lowest BCUT2D eigenvalue weighted by Gasteiger charge is -2.42. The number of aryl methyl sites for hydroxylation is 1. The SMILES string of the molecule is CC[C@@H]1CN(c2ccc3ncnc(Nc4cc(C)c(Oc5ccn6ncnc6c5)cc4F)c3n2)CCN1C(=O)OC(C)(C)C. The standard InChI is InChI=1S/C31H34FN9O3/c1-6-20-16-39(11-12-40(20)30(42)44-31(3,4)5)26-8-7-23-28(38-26)29(35-17-33-23)37-24-13-19(2)25(15-22(24)32)43-21-9-10-41-27(14-21)34-18-36-41/h7-10,13-15,17-18,20H,6,11-12,16H2,1-5H3,(H,33,35,37)/t20-/m1/s1. The zero-order chi connectivity index (χ0) is 31.0. The Morgan fingerprint density at radius 3 is 2.73 bits per heavy atom. The summed E-state index contributed by atoms with van der Waals surface area (Å²) in [7, 11) is 0. The quantitative estimate of drug-likeness (QED) is 0.253. The molecule has 1 aromatic carbocycles. The Balaban J connectivity index is 1.22. The summed E-state index contributed by atoms with van der Waals surface area (Å²) in [5.74, 6) is 1.48. The summed E-state index contributed by atoms with van der Waals surface area (Å²) in [5, 5.41) is 7.18.